The molecule has 0 aromatic carbocycles. The van der Waals surface area contributed by atoms with Gasteiger partial charge in [0.25, 0.3) is 0 Å². The summed E-state index contributed by atoms with van der Waals surface area (Å²) in [6.07, 6.45) is 2.87. The molecule has 0 radical (unpaired) electrons. The average Bonchev–Trinajstić information content (AvgIpc) is 2.82. The average molecular weight is 305 g/mol. The number of hydrogen-bond acceptors (Lipinski definition) is 6. The fourth-order valence-corrected chi connectivity index (χ4v) is 2.81. The van der Waals surface area contributed by atoms with Crippen molar-refractivity contribution >= 4 is 33.0 Å². The highest BCUT2D eigenvalue weighted by Gasteiger charge is 2.14. The first-order chi connectivity index (χ1) is 8.58. The van der Waals surface area contributed by atoms with E-state index in [0.29, 0.717) is 6.42 Å². The second-order valence-corrected chi connectivity index (χ2v) is 6.14. The first-order valence-electron chi connectivity index (χ1n) is 4.92. The monoisotopic (exact) mass is 304 g/mol. The van der Waals surface area contributed by atoms with Gasteiger partial charge >= 0.3 is 0 Å². The predicted octanol–water partition coefficient (Wildman–Crippen LogP) is 1.11. The Hall–Kier alpha value is -1.09. The van der Waals surface area contributed by atoms with E-state index in [1.54, 1.807) is 5.51 Å². The van der Waals surface area contributed by atoms with Crippen LogP contribution in [0.1, 0.15) is 5.69 Å². The van der Waals surface area contributed by atoms with E-state index < -0.39 is 10.0 Å². The summed E-state index contributed by atoms with van der Waals surface area (Å²) in [4.78, 5) is 11.3. The van der Waals surface area contributed by atoms with Crippen molar-refractivity contribution in [2.75, 3.05) is 6.54 Å². The van der Waals surface area contributed by atoms with Gasteiger partial charge in [-0.05, 0) is 11.6 Å². The highest BCUT2D eigenvalue weighted by molar-refractivity contribution is 7.89. The summed E-state index contributed by atoms with van der Waals surface area (Å²) in [5, 5.41) is 1.89. The molecule has 0 saturated heterocycles. The zero-order valence-electron chi connectivity index (χ0n) is 9.08. The van der Waals surface area contributed by atoms with Gasteiger partial charge in [-0.3, -0.25) is 0 Å². The molecule has 18 heavy (non-hydrogen) atoms. The molecule has 0 atom stereocenters. The van der Waals surface area contributed by atoms with Gasteiger partial charge in [0.1, 0.15) is 4.90 Å². The van der Waals surface area contributed by atoms with Crippen molar-refractivity contribution in [2.45, 2.75) is 11.3 Å². The summed E-state index contributed by atoms with van der Waals surface area (Å²) in [7, 11) is -3.59. The van der Waals surface area contributed by atoms with E-state index in [1.807, 2.05) is 5.38 Å². The van der Waals surface area contributed by atoms with Crippen LogP contribution in [0.2, 0.25) is 5.28 Å². The van der Waals surface area contributed by atoms with E-state index in [1.165, 1.54) is 23.7 Å². The van der Waals surface area contributed by atoms with Crippen molar-refractivity contribution < 1.29 is 8.42 Å². The molecule has 0 bridgehead atoms. The maximum absolute atomic E-state index is 11.8. The van der Waals surface area contributed by atoms with Crippen molar-refractivity contribution in [2.24, 2.45) is 0 Å². The lowest BCUT2D eigenvalue weighted by Gasteiger charge is -2.04. The first kappa shape index (κ1) is 13.3. The maximum Gasteiger partial charge on any atom is 0.243 e. The van der Waals surface area contributed by atoms with Crippen LogP contribution in [0, 0.1) is 0 Å². The van der Waals surface area contributed by atoms with Gasteiger partial charge in [-0.15, -0.1) is 11.3 Å². The molecule has 1 N–H and O–H groups in total. The molecule has 2 aromatic heterocycles. The molecule has 2 heterocycles. The number of aromatic nitrogens is 3. The molecular weight excluding hydrogens is 296 g/mol. The quantitative estimate of drug-likeness (QED) is 0.836. The van der Waals surface area contributed by atoms with Crippen molar-refractivity contribution in [1.29, 1.82) is 0 Å². The molecule has 0 unspecified atom stereocenters. The van der Waals surface area contributed by atoms with Gasteiger partial charge < -0.3 is 0 Å². The number of hydrogen-bond donors (Lipinski definition) is 1. The van der Waals surface area contributed by atoms with Crippen molar-refractivity contribution in [1.82, 2.24) is 19.7 Å². The van der Waals surface area contributed by atoms with Crippen LogP contribution in [-0.4, -0.2) is 29.9 Å². The Balaban J connectivity index is 1.97. The smallest absolute Gasteiger partial charge is 0.243 e. The summed E-state index contributed by atoms with van der Waals surface area (Å²) in [6, 6.07) is 0. The van der Waals surface area contributed by atoms with E-state index in [9.17, 15) is 8.42 Å². The second-order valence-electron chi connectivity index (χ2n) is 3.32. The zero-order chi connectivity index (χ0) is 13.0. The molecule has 6 nitrogen and oxygen atoms in total. The van der Waals surface area contributed by atoms with Crippen LogP contribution in [0.4, 0.5) is 0 Å². The normalized spacial score (nSPS) is 11.6. The minimum absolute atomic E-state index is 0.00909. The lowest BCUT2D eigenvalue weighted by Crippen LogP contribution is -2.26. The lowest BCUT2D eigenvalue weighted by atomic mass is 10.3. The molecule has 0 saturated carbocycles. The summed E-state index contributed by atoms with van der Waals surface area (Å²) < 4.78 is 26.1. The van der Waals surface area contributed by atoms with E-state index in [2.05, 4.69) is 19.7 Å². The number of halogens is 1. The molecule has 0 amide bonds. The number of sulfonamides is 1. The SMILES string of the molecule is O=S(=O)(NCCc1cscn1)c1cnc(Cl)nc1. The van der Waals surface area contributed by atoms with Gasteiger partial charge in [-0.2, -0.15) is 0 Å². The Kier molecular flexibility index (Phi) is 4.23. The molecule has 96 valence electrons. The molecule has 9 heteroatoms. The minimum Gasteiger partial charge on any atom is -0.250 e. The fraction of sp³-hybridized carbons (Fsp3) is 0.222. The predicted molar refractivity (Wildman–Crippen MR) is 68.0 cm³/mol. The zero-order valence-corrected chi connectivity index (χ0v) is 11.5. The van der Waals surface area contributed by atoms with Crippen LogP contribution in [0.15, 0.2) is 28.2 Å². The topological polar surface area (TPSA) is 84.8 Å². The Morgan fingerprint density at radius 3 is 2.61 bits per heavy atom. The van der Waals surface area contributed by atoms with E-state index in [4.69, 9.17) is 11.6 Å². The number of nitrogens with one attached hydrogen (secondary N) is 1. The van der Waals surface area contributed by atoms with Crippen LogP contribution in [0.3, 0.4) is 0 Å². The van der Waals surface area contributed by atoms with Crippen LogP contribution in [-0.2, 0) is 16.4 Å². The number of thiazole rings is 1. The summed E-state index contributed by atoms with van der Waals surface area (Å²) in [6.45, 7) is 0.273. The van der Waals surface area contributed by atoms with E-state index in [-0.39, 0.29) is 16.7 Å². The lowest BCUT2D eigenvalue weighted by molar-refractivity contribution is 0.580. The van der Waals surface area contributed by atoms with Gasteiger partial charge in [-0.1, -0.05) is 0 Å². The molecule has 0 aliphatic heterocycles. The molecule has 0 aliphatic carbocycles. The van der Waals surface area contributed by atoms with Crippen molar-refractivity contribution in [3.8, 4) is 0 Å². The maximum atomic E-state index is 11.8. The highest BCUT2D eigenvalue weighted by Crippen LogP contribution is 2.07. The molecule has 2 aromatic rings. The molecule has 0 spiro atoms. The number of nitrogens with zero attached hydrogens (tertiary/aromatic N) is 3. The Labute approximate surface area is 113 Å². The Morgan fingerprint density at radius 2 is 2.00 bits per heavy atom. The summed E-state index contributed by atoms with van der Waals surface area (Å²) in [5.41, 5.74) is 2.56. The third kappa shape index (κ3) is 3.45. The van der Waals surface area contributed by atoms with Gasteiger partial charge in [0.05, 0.1) is 23.6 Å². The third-order valence-corrected chi connectivity index (χ3v) is 4.31. The van der Waals surface area contributed by atoms with Crippen molar-refractivity contribution in [3.05, 3.63) is 34.3 Å². The molecule has 0 fully saturated rings. The largest absolute Gasteiger partial charge is 0.250 e. The Bertz CT molecular complexity index is 598. The standard InChI is InChI=1S/C9H9ClN4O2S2/c10-9-11-3-8(4-12-9)18(15,16)14-2-1-7-5-17-6-13-7/h3-6,14H,1-2H2. The van der Waals surface area contributed by atoms with Crippen molar-refractivity contribution in [3.63, 3.8) is 0 Å². The highest BCUT2D eigenvalue weighted by atomic mass is 35.5. The van der Waals surface area contributed by atoms with Gasteiger partial charge in [0.2, 0.25) is 15.3 Å². The van der Waals surface area contributed by atoms with Crippen LogP contribution in [0.25, 0.3) is 0 Å². The summed E-state index contributed by atoms with van der Waals surface area (Å²) in [5.74, 6) is 0. The van der Waals surface area contributed by atoms with Crippen LogP contribution < -0.4 is 4.72 Å². The second kappa shape index (κ2) is 5.70. The minimum atomic E-state index is -3.59. The van der Waals surface area contributed by atoms with Crippen LogP contribution >= 0.6 is 22.9 Å². The third-order valence-electron chi connectivity index (χ3n) is 2.06. The molecular formula is C9H9ClN4O2S2. The van der Waals surface area contributed by atoms with Crippen LogP contribution in [0.5, 0.6) is 0 Å². The summed E-state index contributed by atoms with van der Waals surface area (Å²) >= 11 is 6.96. The van der Waals surface area contributed by atoms with E-state index >= 15 is 0 Å². The molecule has 2 rings (SSSR count). The number of rotatable bonds is 5. The molecule has 0 aliphatic rings. The van der Waals surface area contributed by atoms with Gasteiger partial charge in [0.15, 0.2) is 0 Å². The van der Waals surface area contributed by atoms with Gasteiger partial charge in [0, 0.05) is 18.3 Å². The fourth-order valence-electron chi connectivity index (χ4n) is 1.20. The first-order valence-corrected chi connectivity index (χ1v) is 7.72. The Morgan fingerprint density at radius 1 is 1.28 bits per heavy atom. The van der Waals surface area contributed by atoms with E-state index in [0.717, 1.165) is 5.69 Å². The van der Waals surface area contributed by atoms with Gasteiger partial charge in [-0.25, -0.2) is 28.1 Å².